The van der Waals surface area contributed by atoms with Gasteiger partial charge in [-0.2, -0.15) is 0 Å². The molecule has 1 N–H and O–H groups in total. The van der Waals surface area contributed by atoms with Gasteiger partial charge in [-0.3, -0.25) is 0 Å². The summed E-state index contributed by atoms with van der Waals surface area (Å²) in [6, 6.07) is 1.43. The Morgan fingerprint density at radius 2 is 2.00 bits per heavy atom. The summed E-state index contributed by atoms with van der Waals surface area (Å²) >= 11 is 0. The average Bonchev–Trinajstić information content (AvgIpc) is 2.31. The first kappa shape index (κ1) is 15.0. The van der Waals surface area contributed by atoms with Gasteiger partial charge in [0, 0.05) is 18.6 Å². The normalized spacial score (nSPS) is 24.2. The molecule has 1 heterocycles. The lowest BCUT2D eigenvalue weighted by Gasteiger charge is -2.33. The summed E-state index contributed by atoms with van der Waals surface area (Å²) in [4.78, 5) is 11.5. The van der Waals surface area contributed by atoms with E-state index in [2.05, 4.69) is 0 Å². The molecule has 110 valence electrons. The highest BCUT2D eigenvalue weighted by Gasteiger charge is 2.39. The molecule has 0 aliphatic carbocycles. The van der Waals surface area contributed by atoms with E-state index in [1.54, 1.807) is 20.8 Å². The van der Waals surface area contributed by atoms with E-state index in [0.717, 1.165) is 0 Å². The predicted molar refractivity (Wildman–Crippen MR) is 73.8 cm³/mol. The highest BCUT2D eigenvalue weighted by atomic mass is 32.2. The van der Waals surface area contributed by atoms with Gasteiger partial charge in [0.05, 0.1) is 22.3 Å². The maximum absolute atomic E-state index is 12.4. The first-order chi connectivity index (χ1) is 9.20. The minimum Gasteiger partial charge on any atom is -0.478 e. The Bertz CT molecular complexity index is 675. The predicted octanol–water partition coefficient (Wildman–Crippen LogP) is 2.11. The molecule has 6 heteroatoms. The van der Waals surface area contributed by atoms with Crippen LogP contribution >= 0.6 is 0 Å². The van der Waals surface area contributed by atoms with Gasteiger partial charge in [-0.15, -0.1) is 0 Å². The Kier molecular flexibility index (Phi) is 3.64. The van der Waals surface area contributed by atoms with Crippen molar-refractivity contribution in [1.82, 2.24) is 0 Å². The van der Waals surface area contributed by atoms with Gasteiger partial charge in [0.15, 0.2) is 9.84 Å². The monoisotopic (exact) mass is 298 g/mol. The Labute approximate surface area is 118 Å². The molecule has 0 amide bonds. The molecule has 2 rings (SSSR count). The van der Waals surface area contributed by atoms with Crippen LogP contribution in [0.1, 0.15) is 40.1 Å². The Morgan fingerprint density at radius 3 is 2.50 bits per heavy atom. The first-order valence-corrected chi connectivity index (χ1v) is 7.99. The molecule has 0 aromatic heterocycles. The fourth-order valence-electron chi connectivity index (χ4n) is 3.05. The molecule has 2 unspecified atom stereocenters. The fourth-order valence-corrected chi connectivity index (χ4v) is 5.23. The highest BCUT2D eigenvalue weighted by molar-refractivity contribution is 7.91. The van der Waals surface area contributed by atoms with Crippen molar-refractivity contribution in [2.45, 2.75) is 31.8 Å². The third-order valence-electron chi connectivity index (χ3n) is 3.85. The maximum Gasteiger partial charge on any atom is 0.335 e. The second-order valence-electron chi connectivity index (χ2n) is 5.33. The van der Waals surface area contributed by atoms with Crippen molar-refractivity contribution in [1.29, 1.82) is 0 Å². The van der Waals surface area contributed by atoms with Crippen molar-refractivity contribution in [3.05, 3.63) is 28.3 Å². The first-order valence-electron chi connectivity index (χ1n) is 6.33. The van der Waals surface area contributed by atoms with Gasteiger partial charge in [0.1, 0.15) is 0 Å². The van der Waals surface area contributed by atoms with E-state index >= 15 is 0 Å². The molecule has 5 nitrogen and oxygen atoms in total. The lowest BCUT2D eigenvalue weighted by atomic mass is 9.90. The van der Waals surface area contributed by atoms with Crippen LogP contribution in [0, 0.1) is 19.8 Å². The number of hydrogen-bond acceptors (Lipinski definition) is 4. The largest absolute Gasteiger partial charge is 0.478 e. The molecule has 0 saturated carbocycles. The molecule has 2 atom stereocenters. The molecule has 1 aromatic carbocycles. The third kappa shape index (κ3) is 2.13. The van der Waals surface area contributed by atoms with Gasteiger partial charge in [-0.05, 0) is 31.0 Å². The Balaban J connectivity index is 2.90. The quantitative estimate of drug-likeness (QED) is 0.904. The molecule has 0 saturated heterocycles. The summed E-state index contributed by atoms with van der Waals surface area (Å²) in [5.74, 6) is -1.25. The number of rotatable bonds is 2. The van der Waals surface area contributed by atoms with Crippen molar-refractivity contribution in [3.63, 3.8) is 0 Å². The Morgan fingerprint density at radius 1 is 1.40 bits per heavy atom. The van der Waals surface area contributed by atoms with Gasteiger partial charge in [-0.25, -0.2) is 13.2 Å². The van der Waals surface area contributed by atoms with Crippen molar-refractivity contribution in [3.8, 4) is 0 Å². The second kappa shape index (κ2) is 4.86. The topological polar surface area (TPSA) is 80.7 Å². The summed E-state index contributed by atoms with van der Waals surface area (Å²) in [6.07, 6.45) is -0.397. The number of aryl methyl sites for hydroxylation is 1. The molecular weight excluding hydrogens is 280 g/mol. The van der Waals surface area contributed by atoms with Gasteiger partial charge in [0.25, 0.3) is 0 Å². The average molecular weight is 298 g/mol. The number of carbonyl (C=O) groups is 1. The molecule has 0 radical (unpaired) electrons. The number of fused-ring (bicyclic) bond motifs is 1. The van der Waals surface area contributed by atoms with E-state index in [9.17, 15) is 18.3 Å². The van der Waals surface area contributed by atoms with Gasteiger partial charge >= 0.3 is 5.97 Å². The number of sulfone groups is 1. The van der Waals surface area contributed by atoms with Crippen LogP contribution in [0.2, 0.25) is 0 Å². The Hall–Kier alpha value is -1.40. The van der Waals surface area contributed by atoms with E-state index < -0.39 is 21.9 Å². The SMILES string of the molecule is COC1c2c(C)c(C(=O)O)cc(C)c2S(=O)(=O)CC1C. The number of aromatic carboxylic acids is 1. The van der Waals surface area contributed by atoms with Crippen molar-refractivity contribution in [2.24, 2.45) is 5.92 Å². The zero-order chi connectivity index (χ0) is 15.2. The molecular formula is C14H18O5S. The lowest BCUT2D eigenvalue weighted by molar-refractivity contribution is 0.0596. The van der Waals surface area contributed by atoms with Crippen LogP contribution in [0.15, 0.2) is 11.0 Å². The smallest absolute Gasteiger partial charge is 0.335 e. The van der Waals surface area contributed by atoms with Crippen LogP contribution in [0.25, 0.3) is 0 Å². The van der Waals surface area contributed by atoms with Gasteiger partial charge in [0.2, 0.25) is 0 Å². The molecule has 20 heavy (non-hydrogen) atoms. The van der Waals surface area contributed by atoms with E-state index in [4.69, 9.17) is 4.74 Å². The summed E-state index contributed by atoms with van der Waals surface area (Å²) in [7, 11) is -1.88. The molecule has 1 aliphatic heterocycles. The van der Waals surface area contributed by atoms with Crippen molar-refractivity contribution >= 4 is 15.8 Å². The van der Waals surface area contributed by atoms with Crippen LogP contribution in [0.4, 0.5) is 0 Å². The molecule has 0 bridgehead atoms. The molecule has 0 fully saturated rings. The van der Waals surface area contributed by atoms with Crippen LogP contribution in [0.3, 0.4) is 0 Å². The van der Waals surface area contributed by atoms with E-state index in [1.165, 1.54) is 13.2 Å². The van der Waals surface area contributed by atoms with Crippen LogP contribution in [-0.2, 0) is 14.6 Å². The summed E-state index contributed by atoms with van der Waals surface area (Å²) in [5.41, 5.74) is 1.58. The van der Waals surface area contributed by atoms with E-state index in [-0.39, 0.29) is 22.1 Å². The minimum atomic E-state index is -3.40. The molecule has 1 aromatic rings. The van der Waals surface area contributed by atoms with Gasteiger partial charge < -0.3 is 9.84 Å². The summed E-state index contributed by atoms with van der Waals surface area (Å²) in [5, 5.41) is 9.26. The number of ether oxygens (including phenoxy) is 1. The van der Waals surface area contributed by atoms with Crippen LogP contribution < -0.4 is 0 Å². The number of methoxy groups -OCH3 is 1. The fraction of sp³-hybridized carbons (Fsp3) is 0.500. The molecule has 1 aliphatic rings. The standard InChI is InChI=1S/C14H18O5S/c1-7-5-10(14(15)16)9(3)11-12(19-4)8(2)6-20(17,18)13(7)11/h5,8,12H,6H2,1-4H3,(H,15,16). The zero-order valence-corrected chi connectivity index (χ0v) is 12.7. The number of benzene rings is 1. The van der Waals surface area contributed by atoms with Crippen LogP contribution in [-0.4, -0.2) is 32.4 Å². The molecule has 0 spiro atoms. The number of carboxylic acid groups (broad SMARTS) is 1. The van der Waals surface area contributed by atoms with Crippen LogP contribution in [0.5, 0.6) is 0 Å². The summed E-state index contributed by atoms with van der Waals surface area (Å²) < 4.78 is 30.2. The minimum absolute atomic E-state index is 0.0191. The van der Waals surface area contributed by atoms with Crippen molar-refractivity contribution in [2.75, 3.05) is 12.9 Å². The van der Waals surface area contributed by atoms with Gasteiger partial charge in [-0.1, -0.05) is 6.92 Å². The second-order valence-corrected chi connectivity index (χ2v) is 7.30. The lowest BCUT2D eigenvalue weighted by Crippen LogP contribution is -2.31. The zero-order valence-electron chi connectivity index (χ0n) is 11.9. The van der Waals surface area contributed by atoms with E-state index in [0.29, 0.717) is 16.7 Å². The maximum atomic E-state index is 12.4. The highest BCUT2D eigenvalue weighted by Crippen LogP contribution is 2.42. The summed E-state index contributed by atoms with van der Waals surface area (Å²) in [6.45, 7) is 5.07. The van der Waals surface area contributed by atoms with Crippen molar-refractivity contribution < 1.29 is 23.1 Å². The van der Waals surface area contributed by atoms with E-state index in [1.807, 2.05) is 0 Å². The number of carboxylic acids is 1. The third-order valence-corrected chi connectivity index (χ3v) is 5.98. The number of hydrogen-bond donors (Lipinski definition) is 1.